The first kappa shape index (κ1) is 21.8. The van der Waals surface area contributed by atoms with Gasteiger partial charge in [-0.05, 0) is 19.3 Å². The predicted octanol–water partition coefficient (Wildman–Crippen LogP) is 2.25. The summed E-state index contributed by atoms with van der Waals surface area (Å²) >= 11 is 0. The summed E-state index contributed by atoms with van der Waals surface area (Å²) in [7, 11) is 0. The molecule has 0 aliphatic carbocycles. The van der Waals surface area contributed by atoms with E-state index >= 15 is 0 Å². The molecule has 1 rings (SSSR count). The standard InChI is InChI=1S/C18H36O6/c1-4-7-10-21-13-14-16(22-11-8-5-2)15(19)17(18(20)24-14)23-12-9-6-3/h14-20H,4-13H2,1-3H3. The third-order valence-corrected chi connectivity index (χ3v) is 4.18. The second-order valence-corrected chi connectivity index (χ2v) is 6.36. The zero-order valence-electron chi connectivity index (χ0n) is 15.5. The van der Waals surface area contributed by atoms with Crippen molar-refractivity contribution in [3.63, 3.8) is 0 Å². The number of aliphatic hydroxyl groups is 2. The molecule has 5 unspecified atom stereocenters. The summed E-state index contributed by atoms with van der Waals surface area (Å²) in [5.41, 5.74) is 0. The maximum Gasteiger partial charge on any atom is 0.184 e. The molecule has 1 aliphatic heterocycles. The van der Waals surface area contributed by atoms with Crippen LogP contribution >= 0.6 is 0 Å². The van der Waals surface area contributed by atoms with Gasteiger partial charge in [0.05, 0.1) is 6.61 Å². The molecule has 2 N–H and O–H groups in total. The minimum absolute atomic E-state index is 0.298. The Hall–Kier alpha value is -0.240. The van der Waals surface area contributed by atoms with Crippen molar-refractivity contribution in [2.75, 3.05) is 26.4 Å². The molecule has 5 atom stereocenters. The largest absolute Gasteiger partial charge is 0.387 e. The monoisotopic (exact) mass is 348 g/mol. The molecule has 0 aromatic heterocycles. The second-order valence-electron chi connectivity index (χ2n) is 6.36. The van der Waals surface area contributed by atoms with E-state index in [-0.39, 0.29) is 0 Å². The summed E-state index contributed by atoms with van der Waals surface area (Å²) in [4.78, 5) is 0. The fourth-order valence-electron chi connectivity index (χ4n) is 2.60. The highest BCUT2D eigenvalue weighted by Crippen LogP contribution is 2.25. The van der Waals surface area contributed by atoms with Crippen molar-refractivity contribution in [1.29, 1.82) is 0 Å². The van der Waals surface area contributed by atoms with E-state index in [1.165, 1.54) is 0 Å². The maximum absolute atomic E-state index is 10.6. The summed E-state index contributed by atoms with van der Waals surface area (Å²) in [6, 6.07) is 0. The molecule has 0 aromatic carbocycles. The zero-order valence-corrected chi connectivity index (χ0v) is 15.5. The molecule has 24 heavy (non-hydrogen) atoms. The molecule has 0 aromatic rings. The van der Waals surface area contributed by atoms with E-state index in [0.29, 0.717) is 26.4 Å². The van der Waals surface area contributed by atoms with E-state index in [9.17, 15) is 10.2 Å². The number of ether oxygens (including phenoxy) is 4. The lowest BCUT2D eigenvalue weighted by atomic mass is 9.98. The molecule has 0 saturated carbocycles. The van der Waals surface area contributed by atoms with E-state index in [0.717, 1.165) is 38.5 Å². The summed E-state index contributed by atoms with van der Waals surface area (Å²) in [5, 5.41) is 20.8. The Kier molecular flexibility index (Phi) is 11.8. The van der Waals surface area contributed by atoms with Crippen molar-refractivity contribution >= 4 is 0 Å². The highest BCUT2D eigenvalue weighted by atomic mass is 16.7. The Morgan fingerprint density at radius 1 is 0.792 bits per heavy atom. The van der Waals surface area contributed by atoms with E-state index < -0.39 is 30.7 Å². The number of unbranched alkanes of at least 4 members (excludes halogenated alkanes) is 3. The van der Waals surface area contributed by atoms with Crippen LogP contribution in [0.3, 0.4) is 0 Å². The van der Waals surface area contributed by atoms with Crippen LogP contribution in [0, 0.1) is 0 Å². The molecule has 0 bridgehead atoms. The van der Waals surface area contributed by atoms with Gasteiger partial charge in [0.2, 0.25) is 0 Å². The van der Waals surface area contributed by atoms with Crippen molar-refractivity contribution in [3.05, 3.63) is 0 Å². The predicted molar refractivity (Wildman–Crippen MR) is 91.9 cm³/mol. The van der Waals surface area contributed by atoms with Gasteiger partial charge in [-0.15, -0.1) is 0 Å². The highest BCUT2D eigenvalue weighted by molar-refractivity contribution is 4.91. The SMILES string of the molecule is CCCCOCC1OC(O)C(OCCCC)C(O)C1OCCCC. The van der Waals surface area contributed by atoms with Crippen molar-refractivity contribution < 1.29 is 29.2 Å². The number of hydrogen-bond acceptors (Lipinski definition) is 6. The van der Waals surface area contributed by atoms with Gasteiger partial charge < -0.3 is 29.2 Å². The topological polar surface area (TPSA) is 77.4 Å². The van der Waals surface area contributed by atoms with Crippen LogP contribution in [-0.2, 0) is 18.9 Å². The third-order valence-electron chi connectivity index (χ3n) is 4.18. The van der Waals surface area contributed by atoms with Crippen molar-refractivity contribution in [3.8, 4) is 0 Å². The molecular formula is C18H36O6. The first-order chi connectivity index (χ1) is 11.7. The summed E-state index contributed by atoms with van der Waals surface area (Å²) in [6.45, 7) is 8.22. The molecule has 0 radical (unpaired) electrons. The number of rotatable bonds is 13. The fourth-order valence-corrected chi connectivity index (χ4v) is 2.60. The average molecular weight is 348 g/mol. The van der Waals surface area contributed by atoms with Crippen molar-refractivity contribution in [2.24, 2.45) is 0 Å². The Bertz CT molecular complexity index is 299. The average Bonchev–Trinajstić information content (AvgIpc) is 2.57. The van der Waals surface area contributed by atoms with Crippen molar-refractivity contribution in [1.82, 2.24) is 0 Å². The van der Waals surface area contributed by atoms with Gasteiger partial charge in [0, 0.05) is 19.8 Å². The van der Waals surface area contributed by atoms with Gasteiger partial charge in [-0.3, -0.25) is 0 Å². The van der Waals surface area contributed by atoms with Gasteiger partial charge in [0.15, 0.2) is 6.29 Å². The lowest BCUT2D eigenvalue weighted by Gasteiger charge is -2.42. The molecule has 6 nitrogen and oxygen atoms in total. The molecule has 0 amide bonds. The normalized spacial score (nSPS) is 30.6. The smallest absolute Gasteiger partial charge is 0.184 e. The zero-order chi connectivity index (χ0) is 17.8. The fraction of sp³-hybridized carbons (Fsp3) is 1.00. The molecule has 1 heterocycles. The molecule has 1 saturated heterocycles. The molecule has 1 aliphatic rings. The van der Waals surface area contributed by atoms with Crippen LogP contribution in [-0.4, -0.2) is 67.3 Å². The Balaban J connectivity index is 2.61. The van der Waals surface area contributed by atoms with E-state index in [4.69, 9.17) is 18.9 Å². The maximum atomic E-state index is 10.6. The Morgan fingerprint density at radius 2 is 1.33 bits per heavy atom. The summed E-state index contributed by atoms with van der Waals surface area (Å²) in [6.07, 6.45) is 1.91. The first-order valence-electron chi connectivity index (χ1n) is 9.48. The second kappa shape index (κ2) is 13.0. The molecule has 144 valence electrons. The van der Waals surface area contributed by atoms with Gasteiger partial charge in [-0.2, -0.15) is 0 Å². The van der Waals surface area contributed by atoms with Crippen LogP contribution in [0.25, 0.3) is 0 Å². The number of hydrogen-bond donors (Lipinski definition) is 2. The lowest BCUT2D eigenvalue weighted by Crippen LogP contribution is -2.60. The van der Waals surface area contributed by atoms with Crippen LogP contribution in [0.15, 0.2) is 0 Å². The minimum atomic E-state index is -1.16. The number of aliphatic hydroxyl groups excluding tert-OH is 2. The molecule has 0 spiro atoms. The molecular weight excluding hydrogens is 312 g/mol. The first-order valence-corrected chi connectivity index (χ1v) is 9.48. The summed E-state index contributed by atoms with van der Waals surface area (Å²) < 4.78 is 22.7. The van der Waals surface area contributed by atoms with Gasteiger partial charge in [0.1, 0.15) is 24.4 Å². The minimum Gasteiger partial charge on any atom is -0.387 e. The van der Waals surface area contributed by atoms with Crippen LogP contribution in [0.1, 0.15) is 59.3 Å². The van der Waals surface area contributed by atoms with Gasteiger partial charge in [0.25, 0.3) is 0 Å². The van der Waals surface area contributed by atoms with Crippen LogP contribution in [0.5, 0.6) is 0 Å². The van der Waals surface area contributed by atoms with E-state index in [1.54, 1.807) is 0 Å². The third kappa shape index (κ3) is 7.33. The van der Waals surface area contributed by atoms with Gasteiger partial charge in [-0.1, -0.05) is 40.0 Å². The van der Waals surface area contributed by atoms with Crippen LogP contribution in [0.2, 0.25) is 0 Å². The molecule has 1 fully saturated rings. The Morgan fingerprint density at radius 3 is 1.92 bits per heavy atom. The van der Waals surface area contributed by atoms with Crippen molar-refractivity contribution in [2.45, 2.75) is 90.0 Å². The van der Waals surface area contributed by atoms with Crippen LogP contribution < -0.4 is 0 Å². The van der Waals surface area contributed by atoms with Gasteiger partial charge in [-0.25, -0.2) is 0 Å². The van der Waals surface area contributed by atoms with Crippen LogP contribution in [0.4, 0.5) is 0 Å². The summed E-state index contributed by atoms with van der Waals surface area (Å²) in [5.74, 6) is 0. The van der Waals surface area contributed by atoms with E-state index in [1.807, 2.05) is 0 Å². The molecule has 6 heteroatoms. The quantitative estimate of drug-likeness (QED) is 0.497. The van der Waals surface area contributed by atoms with Gasteiger partial charge >= 0.3 is 0 Å². The lowest BCUT2D eigenvalue weighted by molar-refractivity contribution is -0.305. The Labute approximate surface area is 146 Å². The highest BCUT2D eigenvalue weighted by Gasteiger charge is 2.46. The van der Waals surface area contributed by atoms with E-state index in [2.05, 4.69) is 20.8 Å².